The Kier molecular flexibility index (Phi) is 9.58. The molecule has 0 N–H and O–H groups in total. The van der Waals surface area contributed by atoms with Gasteiger partial charge in [-0.1, -0.05) is 171 Å². The predicted molar refractivity (Wildman–Crippen MR) is 213 cm³/mol. The van der Waals surface area contributed by atoms with Gasteiger partial charge in [0.05, 0.1) is 0 Å². The lowest BCUT2D eigenvalue weighted by molar-refractivity contribution is 1.33. The first-order chi connectivity index (χ1) is 22.0. The highest BCUT2D eigenvalue weighted by Crippen LogP contribution is 2.19. The summed E-state index contributed by atoms with van der Waals surface area (Å²) in [5.41, 5.74) is 29.2. The van der Waals surface area contributed by atoms with Crippen LogP contribution in [0.4, 0.5) is 0 Å². The van der Waals surface area contributed by atoms with Crippen molar-refractivity contribution in [3.8, 4) is 0 Å². The second-order valence-corrected chi connectivity index (χ2v) is 15.1. The normalized spacial score (nSPS) is 11.3. The topological polar surface area (TPSA) is 0 Å². The van der Waals surface area contributed by atoms with E-state index in [4.69, 9.17) is 0 Å². The Balaban J connectivity index is 1.97. The van der Waals surface area contributed by atoms with Crippen LogP contribution in [-0.4, -0.2) is 13.4 Å². The van der Waals surface area contributed by atoms with Crippen LogP contribution in [0.25, 0.3) is 0 Å². The van der Waals surface area contributed by atoms with Gasteiger partial charge in [-0.2, -0.15) is 0 Å². The molecule has 0 fully saturated rings. The summed E-state index contributed by atoms with van der Waals surface area (Å²) in [5, 5.41) is 0. The Morgan fingerprint density at radius 2 is 0.404 bits per heavy atom. The standard InChI is InChI=1S/C45H54B2/c1-25-16-29(5)40(30(6)17-25)46(41-31(7)18-26(2)19-32(41)8)44-37(13)24-38(14)45(39(44)15)47(42-33(9)20-27(3)21-34(42)10)43-35(11)22-28(4)23-36(43)12/h16-24H,1-15H3. The number of hydrogen-bond donors (Lipinski definition) is 0. The summed E-state index contributed by atoms with van der Waals surface area (Å²) in [6, 6.07) is 21.6. The van der Waals surface area contributed by atoms with Gasteiger partial charge in [0.1, 0.15) is 0 Å². The van der Waals surface area contributed by atoms with Crippen molar-refractivity contribution in [3.05, 3.63) is 138 Å². The zero-order valence-electron chi connectivity index (χ0n) is 31.9. The van der Waals surface area contributed by atoms with Crippen LogP contribution in [0.5, 0.6) is 0 Å². The minimum absolute atomic E-state index is 0.136. The number of rotatable bonds is 6. The zero-order chi connectivity index (χ0) is 34.6. The van der Waals surface area contributed by atoms with Crippen molar-refractivity contribution >= 4 is 46.2 Å². The maximum atomic E-state index is 2.49. The smallest absolute Gasteiger partial charge is 0.0634 e. The second kappa shape index (κ2) is 13.0. The first-order valence-corrected chi connectivity index (χ1v) is 17.4. The van der Waals surface area contributed by atoms with E-state index in [2.05, 4.69) is 158 Å². The van der Waals surface area contributed by atoms with E-state index < -0.39 is 0 Å². The van der Waals surface area contributed by atoms with Gasteiger partial charge in [0, 0.05) is 0 Å². The number of hydrogen-bond acceptors (Lipinski definition) is 0. The molecule has 0 saturated carbocycles. The van der Waals surface area contributed by atoms with Crippen LogP contribution in [0, 0.1) is 104 Å². The molecule has 0 heterocycles. The molecule has 5 aromatic carbocycles. The zero-order valence-corrected chi connectivity index (χ0v) is 31.9. The van der Waals surface area contributed by atoms with Crippen LogP contribution in [0.15, 0.2) is 54.6 Å². The SMILES string of the molecule is Cc1cc(C)c(B(c2c(C)cc(C)cc2C)c2c(C)cc(C)c(B(c3c(C)cc(C)cc3C)c3c(C)cc(C)cc3C)c2C)c(C)c1. The van der Waals surface area contributed by atoms with Crippen LogP contribution in [0.3, 0.4) is 0 Å². The summed E-state index contributed by atoms with van der Waals surface area (Å²) < 4.78 is 0. The average molecular weight is 617 g/mol. The molecular weight excluding hydrogens is 562 g/mol. The third-order valence-electron chi connectivity index (χ3n) is 10.8. The Morgan fingerprint density at radius 3 is 0.596 bits per heavy atom. The molecular formula is C45H54B2. The average Bonchev–Trinajstić information content (AvgIpc) is 2.90. The molecule has 5 rings (SSSR count). The fourth-order valence-electron chi connectivity index (χ4n) is 9.56. The van der Waals surface area contributed by atoms with Crippen LogP contribution in [0.1, 0.15) is 83.5 Å². The molecule has 0 spiro atoms. The second-order valence-electron chi connectivity index (χ2n) is 15.1. The fraction of sp³-hybridized carbons (Fsp3) is 0.333. The minimum atomic E-state index is 0.136. The molecule has 0 aliphatic heterocycles. The van der Waals surface area contributed by atoms with E-state index in [1.54, 1.807) is 0 Å². The van der Waals surface area contributed by atoms with Crippen molar-refractivity contribution in [1.82, 2.24) is 0 Å². The number of benzene rings is 5. The first-order valence-electron chi connectivity index (χ1n) is 17.4. The number of aryl methyl sites for hydroxylation is 14. The van der Waals surface area contributed by atoms with Gasteiger partial charge in [0.2, 0.25) is 13.4 Å². The van der Waals surface area contributed by atoms with E-state index in [1.807, 2.05) is 0 Å². The molecule has 0 aliphatic rings. The van der Waals surface area contributed by atoms with E-state index >= 15 is 0 Å². The fourth-order valence-corrected chi connectivity index (χ4v) is 9.56. The highest BCUT2D eigenvalue weighted by molar-refractivity contribution is 7.00. The van der Waals surface area contributed by atoms with Gasteiger partial charge in [-0.05, 0) is 104 Å². The van der Waals surface area contributed by atoms with Gasteiger partial charge in [-0.3, -0.25) is 0 Å². The molecule has 0 bridgehead atoms. The summed E-state index contributed by atoms with van der Waals surface area (Å²) in [6.45, 7) is 34.9. The molecule has 0 amide bonds. The van der Waals surface area contributed by atoms with Crippen molar-refractivity contribution in [1.29, 1.82) is 0 Å². The Bertz CT molecular complexity index is 1690. The molecule has 0 saturated heterocycles. The van der Waals surface area contributed by atoms with Gasteiger partial charge in [0.15, 0.2) is 0 Å². The van der Waals surface area contributed by atoms with Gasteiger partial charge < -0.3 is 0 Å². The molecule has 5 aromatic rings. The maximum Gasteiger partial charge on any atom is 0.243 e. The van der Waals surface area contributed by atoms with Crippen molar-refractivity contribution in [2.45, 2.75) is 104 Å². The predicted octanol–water partition coefficient (Wildman–Crippen LogP) is 7.35. The third-order valence-corrected chi connectivity index (χ3v) is 10.8. The maximum absolute atomic E-state index is 2.49. The Hall–Kier alpha value is -3.77. The molecule has 47 heavy (non-hydrogen) atoms. The van der Waals surface area contributed by atoms with Crippen LogP contribution >= 0.6 is 0 Å². The van der Waals surface area contributed by atoms with Crippen LogP contribution < -0.4 is 32.8 Å². The summed E-state index contributed by atoms with van der Waals surface area (Å²) in [6.07, 6.45) is 0. The third kappa shape index (κ3) is 6.29. The van der Waals surface area contributed by atoms with Gasteiger partial charge in [0.25, 0.3) is 0 Å². The van der Waals surface area contributed by atoms with E-state index in [0.717, 1.165) is 0 Å². The summed E-state index contributed by atoms with van der Waals surface area (Å²) in [7, 11) is 0. The van der Waals surface area contributed by atoms with Gasteiger partial charge in [-0.15, -0.1) is 0 Å². The van der Waals surface area contributed by atoms with Crippen molar-refractivity contribution < 1.29 is 0 Å². The minimum Gasteiger partial charge on any atom is -0.0634 e. The van der Waals surface area contributed by atoms with Crippen LogP contribution in [-0.2, 0) is 0 Å². The molecule has 240 valence electrons. The summed E-state index contributed by atoms with van der Waals surface area (Å²) in [4.78, 5) is 0. The molecule has 2 heteroatoms. The molecule has 0 aromatic heterocycles. The summed E-state index contributed by atoms with van der Waals surface area (Å²) >= 11 is 0. The molecule has 0 radical (unpaired) electrons. The van der Waals surface area contributed by atoms with Gasteiger partial charge >= 0.3 is 0 Å². The molecule has 0 aliphatic carbocycles. The van der Waals surface area contributed by atoms with Crippen molar-refractivity contribution in [3.63, 3.8) is 0 Å². The molecule has 0 atom stereocenters. The summed E-state index contributed by atoms with van der Waals surface area (Å²) in [5.74, 6) is 0. The monoisotopic (exact) mass is 616 g/mol. The lowest BCUT2D eigenvalue weighted by Gasteiger charge is -2.32. The lowest BCUT2D eigenvalue weighted by Crippen LogP contribution is -2.62. The Labute approximate surface area is 287 Å². The van der Waals surface area contributed by atoms with E-state index in [0.29, 0.717) is 0 Å². The first kappa shape index (κ1) is 34.6. The van der Waals surface area contributed by atoms with Crippen molar-refractivity contribution in [2.24, 2.45) is 0 Å². The quantitative estimate of drug-likeness (QED) is 0.175. The van der Waals surface area contributed by atoms with E-state index in [9.17, 15) is 0 Å². The highest BCUT2D eigenvalue weighted by Gasteiger charge is 2.36. The molecule has 0 unspecified atom stereocenters. The molecule has 0 nitrogen and oxygen atoms in total. The lowest BCUT2D eigenvalue weighted by atomic mass is 9.29. The van der Waals surface area contributed by atoms with Crippen LogP contribution in [0.2, 0.25) is 0 Å². The van der Waals surface area contributed by atoms with Crippen molar-refractivity contribution in [2.75, 3.05) is 0 Å². The highest BCUT2D eigenvalue weighted by atomic mass is 14.2. The Morgan fingerprint density at radius 1 is 0.234 bits per heavy atom. The van der Waals surface area contributed by atoms with E-state index in [1.165, 1.54) is 116 Å². The van der Waals surface area contributed by atoms with Gasteiger partial charge in [-0.25, -0.2) is 0 Å². The van der Waals surface area contributed by atoms with E-state index in [-0.39, 0.29) is 13.4 Å². The largest absolute Gasteiger partial charge is 0.243 e.